The zero-order valence-electron chi connectivity index (χ0n) is 20.1. The van der Waals surface area contributed by atoms with Crippen LogP contribution in [0, 0.1) is 5.92 Å². The molecule has 0 bridgehead atoms. The van der Waals surface area contributed by atoms with E-state index in [9.17, 15) is 15.0 Å². The lowest BCUT2D eigenvalue weighted by Gasteiger charge is -2.27. The molecule has 0 fully saturated rings. The SMILES string of the molecule is CC(C)COc1cc(-c2ccc3c(c2)CC[C@@H](CNC[C@@H](O)c2cccnc2)O3)ccc1C(=O)O. The van der Waals surface area contributed by atoms with Crippen molar-refractivity contribution in [2.75, 3.05) is 19.7 Å². The van der Waals surface area contributed by atoms with Crippen molar-refractivity contribution < 1.29 is 24.5 Å². The van der Waals surface area contributed by atoms with Gasteiger partial charge in [0.15, 0.2) is 0 Å². The molecule has 0 radical (unpaired) electrons. The molecule has 3 aromatic rings. The Morgan fingerprint density at radius 1 is 1.20 bits per heavy atom. The molecule has 1 aliphatic heterocycles. The highest BCUT2D eigenvalue weighted by atomic mass is 16.5. The van der Waals surface area contributed by atoms with E-state index < -0.39 is 12.1 Å². The summed E-state index contributed by atoms with van der Waals surface area (Å²) in [5.41, 5.74) is 3.98. The van der Waals surface area contributed by atoms with Crippen molar-refractivity contribution in [1.29, 1.82) is 0 Å². The van der Waals surface area contributed by atoms with Crippen LogP contribution in [0.4, 0.5) is 0 Å². The minimum absolute atomic E-state index is 0.0281. The Morgan fingerprint density at radius 3 is 2.74 bits per heavy atom. The van der Waals surface area contributed by atoms with Gasteiger partial charge in [0.1, 0.15) is 23.2 Å². The lowest BCUT2D eigenvalue weighted by atomic mass is 9.96. The van der Waals surface area contributed by atoms with Crippen LogP contribution in [0.15, 0.2) is 60.9 Å². The zero-order valence-corrected chi connectivity index (χ0v) is 20.1. The van der Waals surface area contributed by atoms with Crippen molar-refractivity contribution in [3.63, 3.8) is 0 Å². The van der Waals surface area contributed by atoms with E-state index >= 15 is 0 Å². The monoisotopic (exact) mass is 476 g/mol. The van der Waals surface area contributed by atoms with Crippen molar-refractivity contribution in [3.05, 3.63) is 77.6 Å². The lowest BCUT2D eigenvalue weighted by Crippen LogP contribution is -2.36. The van der Waals surface area contributed by atoms with Crippen LogP contribution in [0.3, 0.4) is 0 Å². The van der Waals surface area contributed by atoms with Gasteiger partial charge >= 0.3 is 5.97 Å². The van der Waals surface area contributed by atoms with Crippen molar-refractivity contribution in [1.82, 2.24) is 10.3 Å². The zero-order chi connectivity index (χ0) is 24.8. The first-order valence-corrected chi connectivity index (χ1v) is 12.0. The van der Waals surface area contributed by atoms with E-state index in [2.05, 4.69) is 16.4 Å². The number of aliphatic hydroxyl groups is 1. The first-order valence-electron chi connectivity index (χ1n) is 12.0. The molecular weight excluding hydrogens is 444 g/mol. The van der Waals surface area contributed by atoms with Crippen LogP contribution >= 0.6 is 0 Å². The second kappa shape index (κ2) is 11.3. The van der Waals surface area contributed by atoms with Crippen LogP contribution in [0.2, 0.25) is 0 Å². The lowest BCUT2D eigenvalue weighted by molar-refractivity contribution is 0.0691. The number of aliphatic hydroxyl groups excluding tert-OH is 1. The van der Waals surface area contributed by atoms with Gasteiger partial charge in [-0.1, -0.05) is 32.0 Å². The number of ether oxygens (including phenoxy) is 2. The molecule has 0 saturated carbocycles. The molecule has 0 saturated heterocycles. The molecule has 0 unspecified atom stereocenters. The van der Waals surface area contributed by atoms with Crippen LogP contribution in [-0.2, 0) is 6.42 Å². The number of rotatable bonds is 10. The maximum absolute atomic E-state index is 11.6. The van der Waals surface area contributed by atoms with E-state index in [1.165, 1.54) is 0 Å². The average molecular weight is 477 g/mol. The number of aromatic nitrogens is 1. The van der Waals surface area contributed by atoms with Gasteiger partial charge in [-0.3, -0.25) is 4.98 Å². The summed E-state index contributed by atoms with van der Waals surface area (Å²) in [6.07, 6.45) is 4.53. The molecule has 0 spiro atoms. The molecule has 7 heteroatoms. The summed E-state index contributed by atoms with van der Waals surface area (Å²) in [6.45, 7) is 5.59. The highest BCUT2D eigenvalue weighted by Crippen LogP contribution is 2.34. The van der Waals surface area contributed by atoms with Gasteiger partial charge in [-0.2, -0.15) is 0 Å². The number of hydrogen-bond donors (Lipinski definition) is 3. The standard InChI is InChI=1S/C28H32N2O5/c1-18(2)17-34-27-13-20(6-9-24(27)28(32)33)19-7-10-26-21(12-19)5-8-23(35-26)15-30-16-25(31)22-4-3-11-29-14-22/h3-4,6-7,9-14,18,23,25,30-31H,5,8,15-17H2,1-2H3,(H,32,33)/t23-,25+/m0/s1. The summed E-state index contributed by atoms with van der Waals surface area (Å²) in [5.74, 6) is 0.541. The fourth-order valence-corrected chi connectivity index (χ4v) is 4.09. The second-order valence-electron chi connectivity index (χ2n) is 9.28. The van der Waals surface area contributed by atoms with Crippen molar-refractivity contribution >= 4 is 5.97 Å². The Hall–Kier alpha value is -3.42. The van der Waals surface area contributed by atoms with Gasteiger partial charge < -0.3 is 25.0 Å². The van der Waals surface area contributed by atoms with E-state index in [1.54, 1.807) is 24.5 Å². The topological polar surface area (TPSA) is 101 Å². The third kappa shape index (κ3) is 6.38. The molecule has 0 aliphatic carbocycles. The Kier molecular flexibility index (Phi) is 8.00. The second-order valence-corrected chi connectivity index (χ2v) is 9.28. The number of aromatic carboxylic acids is 1. The Labute approximate surface area is 205 Å². The fourth-order valence-electron chi connectivity index (χ4n) is 4.09. The Bertz CT molecular complexity index is 1150. The van der Waals surface area contributed by atoms with Crippen molar-refractivity contribution in [2.45, 2.75) is 38.9 Å². The van der Waals surface area contributed by atoms with E-state index in [0.717, 1.165) is 40.8 Å². The molecule has 1 aliphatic rings. The molecule has 0 amide bonds. The maximum atomic E-state index is 11.6. The Morgan fingerprint density at radius 2 is 2.00 bits per heavy atom. The minimum Gasteiger partial charge on any atom is -0.492 e. The summed E-state index contributed by atoms with van der Waals surface area (Å²) in [6, 6.07) is 15.0. The normalized spacial score (nSPS) is 15.8. The predicted molar refractivity (Wildman–Crippen MR) is 134 cm³/mol. The summed E-state index contributed by atoms with van der Waals surface area (Å²) < 4.78 is 12.0. The number of nitrogens with one attached hydrogen (secondary N) is 1. The van der Waals surface area contributed by atoms with Crippen LogP contribution in [-0.4, -0.2) is 47.0 Å². The average Bonchev–Trinajstić information content (AvgIpc) is 2.87. The molecule has 2 aromatic carbocycles. The largest absolute Gasteiger partial charge is 0.492 e. The third-order valence-electron chi connectivity index (χ3n) is 5.99. The van der Waals surface area contributed by atoms with Crippen LogP contribution in [0.5, 0.6) is 11.5 Å². The van der Waals surface area contributed by atoms with Gasteiger partial charge in [0, 0.05) is 31.0 Å². The molecule has 7 nitrogen and oxygen atoms in total. The highest BCUT2D eigenvalue weighted by molar-refractivity contribution is 5.92. The van der Waals surface area contributed by atoms with Gasteiger partial charge in [-0.05, 0) is 65.8 Å². The number of nitrogens with zero attached hydrogens (tertiary/aromatic N) is 1. The quantitative estimate of drug-likeness (QED) is 0.396. The van der Waals surface area contributed by atoms with Crippen LogP contribution in [0.1, 0.15) is 47.9 Å². The van der Waals surface area contributed by atoms with Gasteiger partial charge in [0.25, 0.3) is 0 Å². The fraction of sp³-hybridized carbons (Fsp3) is 0.357. The summed E-state index contributed by atoms with van der Waals surface area (Å²) in [5, 5.41) is 23.1. The molecule has 1 aromatic heterocycles. The number of carboxylic acids is 1. The van der Waals surface area contributed by atoms with Gasteiger partial charge in [-0.15, -0.1) is 0 Å². The number of aryl methyl sites for hydroxylation is 1. The molecule has 3 N–H and O–H groups in total. The van der Waals surface area contributed by atoms with Crippen LogP contribution in [0.25, 0.3) is 11.1 Å². The number of carbonyl (C=O) groups is 1. The van der Waals surface area contributed by atoms with E-state index in [1.807, 2.05) is 44.2 Å². The molecule has 2 heterocycles. The summed E-state index contributed by atoms with van der Waals surface area (Å²) in [4.78, 5) is 15.6. The number of fused-ring (bicyclic) bond motifs is 1. The first kappa shape index (κ1) is 24.7. The molecule has 4 rings (SSSR count). The van der Waals surface area contributed by atoms with Crippen molar-refractivity contribution in [2.24, 2.45) is 5.92 Å². The summed E-state index contributed by atoms with van der Waals surface area (Å²) >= 11 is 0. The van der Waals surface area contributed by atoms with Gasteiger partial charge in [-0.25, -0.2) is 4.79 Å². The molecule has 2 atom stereocenters. The molecule has 184 valence electrons. The van der Waals surface area contributed by atoms with E-state index in [0.29, 0.717) is 31.4 Å². The van der Waals surface area contributed by atoms with Gasteiger partial charge in [0.2, 0.25) is 0 Å². The number of hydrogen-bond acceptors (Lipinski definition) is 6. The molecule has 35 heavy (non-hydrogen) atoms. The van der Waals surface area contributed by atoms with Crippen LogP contribution < -0.4 is 14.8 Å². The predicted octanol–water partition coefficient (Wildman–Crippen LogP) is 4.50. The third-order valence-corrected chi connectivity index (χ3v) is 5.99. The first-order chi connectivity index (χ1) is 16.9. The molecular formula is C28H32N2O5. The number of carboxylic acid groups (broad SMARTS) is 1. The van der Waals surface area contributed by atoms with Crippen molar-refractivity contribution in [3.8, 4) is 22.6 Å². The summed E-state index contributed by atoms with van der Waals surface area (Å²) in [7, 11) is 0. The van der Waals surface area contributed by atoms with E-state index in [-0.39, 0.29) is 11.7 Å². The highest BCUT2D eigenvalue weighted by Gasteiger charge is 2.21. The maximum Gasteiger partial charge on any atom is 0.339 e. The van der Waals surface area contributed by atoms with Gasteiger partial charge in [0.05, 0.1) is 12.7 Å². The Balaban J connectivity index is 1.39. The minimum atomic E-state index is -0.998. The van der Waals surface area contributed by atoms with E-state index in [4.69, 9.17) is 9.47 Å². The number of benzene rings is 2. The smallest absolute Gasteiger partial charge is 0.339 e. The number of pyridine rings is 1.